The van der Waals surface area contributed by atoms with Crippen LogP contribution in [-0.4, -0.2) is 21.1 Å². The molecule has 0 saturated heterocycles. The van der Waals surface area contributed by atoms with Crippen molar-refractivity contribution >= 4 is 21.9 Å². The second-order valence-electron chi connectivity index (χ2n) is 2.56. The van der Waals surface area contributed by atoms with Gasteiger partial charge >= 0.3 is 0 Å². The first-order chi connectivity index (χ1) is 6.04. The first kappa shape index (κ1) is 9.73. The van der Waals surface area contributed by atoms with Crippen molar-refractivity contribution in [2.45, 2.75) is 4.90 Å². The van der Waals surface area contributed by atoms with E-state index in [1.807, 2.05) is 0 Å². The van der Waals surface area contributed by atoms with E-state index in [1.54, 1.807) is 12.1 Å². The topological polar surface area (TPSA) is 63.2 Å². The third kappa shape index (κ3) is 2.55. The Morgan fingerprint density at radius 2 is 2.08 bits per heavy atom. The minimum atomic E-state index is -3.20. The van der Waals surface area contributed by atoms with E-state index >= 15 is 0 Å². The van der Waals surface area contributed by atoms with E-state index in [0.717, 1.165) is 6.26 Å². The standard InChI is InChI=1S/C8H9NO3S/c1-13(11,12)8-4-2-3-7(5-8)9-6-10/h2-6H,1H3,(H,9,10). The van der Waals surface area contributed by atoms with Crippen molar-refractivity contribution in [3.05, 3.63) is 24.3 Å². The van der Waals surface area contributed by atoms with Crippen molar-refractivity contribution in [2.24, 2.45) is 0 Å². The number of benzene rings is 1. The number of carbonyl (C=O) groups is 1. The minimum absolute atomic E-state index is 0.194. The number of sulfone groups is 1. The first-order valence-electron chi connectivity index (χ1n) is 3.54. The molecule has 1 aromatic carbocycles. The molecule has 0 radical (unpaired) electrons. The molecule has 0 bridgehead atoms. The number of anilines is 1. The first-order valence-corrected chi connectivity index (χ1v) is 5.43. The van der Waals surface area contributed by atoms with Crippen molar-refractivity contribution in [2.75, 3.05) is 11.6 Å². The third-order valence-electron chi connectivity index (χ3n) is 1.49. The molecule has 0 atom stereocenters. The summed E-state index contributed by atoms with van der Waals surface area (Å²) < 4.78 is 22.1. The summed E-state index contributed by atoms with van der Waals surface area (Å²) in [5.41, 5.74) is 0.470. The van der Waals surface area contributed by atoms with E-state index in [1.165, 1.54) is 12.1 Å². The average molecular weight is 199 g/mol. The molecule has 0 aliphatic heterocycles. The molecular weight excluding hydrogens is 190 g/mol. The van der Waals surface area contributed by atoms with Gasteiger partial charge in [0.15, 0.2) is 9.84 Å². The summed E-state index contributed by atoms with van der Waals surface area (Å²) in [6.07, 6.45) is 1.62. The van der Waals surface area contributed by atoms with Crippen LogP contribution in [0.1, 0.15) is 0 Å². The Morgan fingerprint density at radius 1 is 1.38 bits per heavy atom. The summed E-state index contributed by atoms with van der Waals surface area (Å²) >= 11 is 0. The predicted molar refractivity (Wildman–Crippen MR) is 49.2 cm³/mol. The van der Waals surface area contributed by atoms with Gasteiger partial charge in [0.25, 0.3) is 0 Å². The van der Waals surface area contributed by atoms with E-state index in [-0.39, 0.29) is 4.90 Å². The van der Waals surface area contributed by atoms with Crippen LogP contribution < -0.4 is 5.32 Å². The number of rotatable bonds is 3. The lowest BCUT2D eigenvalue weighted by Gasteiger charge is -2.01. The molecule has 5 heteroatoms. The SMILES string of the molecule is CS(=O)(=O)c1cccc(NC=O)c1. The van der Waals surface area contributed by atoms with Crippen molar-refractivity contribution in [1.82, 2.24) is 0 Å². The molecule has 4 nitrogen and oxygen atoms in total. The van der Waals surface area contributed by atoms with E-state index in [2.05, 4.69) is 5.32 Å². The molecule has 1 aromatic rings. The molecule has 0 fully saturated rings. The van der Waals surface area contributed by atoms with Gasteiger partial charge in [0, 0.05) is 11.9 Å². The number of nitrogens with one attached hydrogen (secondary N) is 1. The van der Waals surface area contributed by atoms with Gasteiger partial charge in [0.1, 0.15) is 0 Å². The third-order valence-corrected chi connectivity index (χ3v) is 2.60. The number of hydrogen-bond acceptors (Lipinski definition) is 3. The molecule has 70 valence electrons. The van der Waals surface area contributed by atoms with Crippen molar-refractivity contribution in [3.8, 4) is 0 Å². The molecule has 0 heterocycles. The molecule has 0 aliphatic rings. The maximum atomic E-state index is 11.1. The zero-order chi connectivity index (χ0) is 9.90. The average Bonchev–Trinajstić information content (AvgIpc) is 2.04. The quantitative estimate of drug-likeness (QED) is 0.727. The Balaban J connectivity index is 3.13. The lowest BCUT2D eigenvalue weighted by molar-refractivity contribution is -0.105. The van der Waals surface area contributed by atoms with Crippen molar-refractivity contribution < 1.29 is 13.2 Å². The van der Waals surface area contributed by atoms with Crippen LogP contribution in [-0.2, 0) is 14.6 Å². The van der Waals surface area contributed by atoms with Crippen molar-refractivity contribution in [1.29, 1.82) is 0 Å². The Labute approximate surface area is 76.5 Å². The lowest BCUT2D eigenvalue weighted by atomic mass is 10.3. The van der Waals surface area contributed by atoms with Crippen LogP contribution in [0.25, 0.3) is 0 Å². The largest absolute Gasteiger partial charge is 0.329 e. The Bertz CT molecular complexity index is 411. The van der Waals surface area contributed by atoms with Crippen LogP contribution in [0.3, 0.4) is 0 Å². The molecule has 0 aromatic heterocycles. The van der Waals surface area contributed by atoms with E-state index in [4.69, 9.17) is 0 Å². The highest BCUT2D eigenvalue weighted by Gasteiger charge is 2.06. The summed E-state index contributed by atoms with van der Waals surface area (Å²) in [6, 6.07) is 6.07. The van der Waals surface area contributed by atoms with Gasteiger partial charge in [0.05, 0.1) is 4.90 Å². The van der Waals surface area contributed by atoms with Crippen LogP contribution >= 0.6 is 0 Å². The van der Waals surface area contributed by atoms with Crippen LogP contribution in [0.15, 0.2) is 29.2 Å². The molecule has 13 heavy (non-hydrogen) atoms. The fraction of sp³-hybridized carbons (Fsp3) is 0.125. The Hall–Kier alpha value is -1.36. The maximum absolute atomic E-state index is 11.1. The van der Waals surface area contributed by atoms with Gasteiger partial charge in [-0.25, -0.2) is 8.42 Å². The van der Waals surface area contributed by atoms with Crippen LogP contribution in [0.4, 0.5) is 5.69 Å². The normalized spacial score (nSPS) is 10.8. The second kappa shape index (κ2) is 3.57. The molecule has 0 unspecified atom stereocenters. The van der Waals surface area contributed by atoms with Gasteiger partial charge in [-0.1, -0.05) is 6.07 Å². The molecule has 1 amide bonds. The monoisotopic (exact) mass is 199 g/mol. The van der Waals surface area contributed by atoms with E-state index in [0.29, 0.717) is 12.1 Å². The van der Waals surface area contributed by atoms with Crippen molar-refractivity contribution in [3.63, 3.8) is 0 Å². The molecule has 0 saturated carbocycles. The highest BCUT2D eigenvalue weighted by molar-refractivity contribution is 7.90. The Kier molecular flexibility index (Phi) is 2.67. The van der Waals surface area contributed by atoms with E-state index < -0.39 is 9.84 Å². The summed E-state index contributed by atoms with van der Waals surface area (Å²) in [7, 11) is -3.20. The number of carbonyl (C=O) groups excluding carboxylic acids is 1. The van der Waals surface area contributed by atoms with Gasteiger partial charge in [-0.15, -0.1) is 0 Å². The smallest absolute Gasteiger partial charge is 0.211 e. The van der Waals surface area contributed by atoms with Crippen LogP contribution in [0, 0.1) is 0 Å². The van der Waals surface area contributed by atoms with E-state index in [9.17, 15) is 13.2 Å². The van der Waals surface area contributed by atoms with Crippen LogP contribution in [0.2, 0.25) is 0 Å². The Morgan fingerprint density at radius 3 is 2.62 bits per heavy atom. The van der Waals surface area contributed by atoms with Gasteiger partial charge in [-0.2, -0.15) is 0 Å². The highest BCUT2D eigenvalue weighted by Crippen LogP contribution is 2.14. The summed E-state index contributed by atoms with van der Waals surface area (Å²) in [5.74, 6) is 0. The van der Waals surface area contributed by atoms with Gasteiger partial charge in [-0.05, 0) is 18.2 Å². The summed E-state index contributed by atoms with van der Waals surface area (Å²) in [5, 5.41) is 2.38. The molecular formula is C8H9NO3S. The molecule has 0 aliphatic carbocycles. The second-order valence-corrected chi connectivity index (χ2v) is 4.58. The predicted octanol–water partition coefficient (Wildman–Crippen LogP) is 0.658. The number of amides is 1. The minimum Gasteiger partial charge on any atom is -0.329 e. The lowest BCUT2D eigenvalue weighted by Crippen LogP contribution is -1.99. The highest BCUT2D eigenvalue weighted by atomic mass is 32.2. The van der Waals surface area contributed by atoms with Gasteiger partial charge in [-0.3, -0.25) is 4.79 Å². The number of hydrogen-bond donors (Lipinski definition) is 1. The zero-order valence-corrected chi connectivity index (χ0v) is 7.84. The van der Waals surface area contributed by atoms with Gasteiger partial charge in [0.2, 0.25) is 6.41 Å². The fourth-order valence-electron chi connectivity index (χ4n) is 0.885. The summed E-state index contributed by atoms with van der Waals surface area (Å²) in [6.45, 7) is 0. The maximum Gasteiger partial charge on any atom is 0.211 e. The van der Waals surface area contributed by atoms with Gasteiger partial charge < -0.3 is 5.32 Å². The summed E-state index contributed by atoms with van der Waals surface area (Å²) in [4.78, 5) is 10.3. The molecule has 1 rings (SSSR count). The molecule has 1 N–H and O–H groups in total. The molecule has 0 spiro atoms. The zero-order valence-electron chi connectivity index (χ0n) is 7.02. The van der Waals surface area contributed by atoms with Crippen LogP contribution in [0.5, 0.6) is 0 Å². The fourth-order valence-corrected chi connectivity index (χ4v) is 1.55.